The molecule has 1 aliphatic rings. The van der Waals surface area contributed by atoms with Crippen molar-refractivity contribution in [3.63, 3.8) is 0 Å². The number of anilines is 1. The van der Waals surface area contributed by atoms with Gasteiger partial charge >= 0.3 is 0 Å². The standard InChI is InChI=1S/C19H22FN3O3S.ClH/c1-13-3-8-17(27(25,26)22-16-6-4-15(20)5-7-16)11-18(13)19(24)23-10-9-21-14(2)12-23;/h3-8,11,14,21-22H,9-10,12H2,1-2H3;1H. The van der Waals surface area contributed by atoms with Crippen LogP contribution in [-0.2, 0) is 10.0 Å². The summed E-state index contributed by atoms with van der Waals surface area (Å²) in [5.74, 6) is -0.633. The third kappa shape index (κ3) is 5.01. The minimum Gasteiger partial charge on any atom is -0.336 e. The van der Waals surface area contributed by atoms with E-state index in [-0.39, 0.29) is 34.9 Å². The predicted molar refractivity (Wildman–Crippen MR) is 109 cm³/mol. The molecule has 0 radical (unpaired) electrons. The van der Waals surface area contributed by atoms with Crippen LogP contribution in [0.5, 0.6) is 0 Å². The molecule has 1 saturated heterocycles. The Morgan fingerprint density at radius 3 is 2.54 bits per heavy atom. The zero-order valence-corrected chi connectivity index (χ0v) is 17.2. The molecule has 0 aromatic heterocycles. The molecule has 1 heterocycles. The number of hydrogen-bond donors (Lipinski definition) is 2. The van der Waals surface area contributed by atoms with E-state index in [0.29, 0.717) is 30.8 Å². The zero-order valence-electron chi connectivity index (χ0n) is 15.6. The normalized spacial score (nSPS) is 17.0. The van der Waals surface area contributed by atoms with E-state index >= 15 is 0 Å². The lowest BCUT2D eigenvalue weighted by molar-refractivity contribution is 0.0708. The van der Waals surface area contributed by atoms with Crippen molar-refractivity contribution in [2.45, 2.75) is 24.8 Å². The second-order valence-corrected chi connectivity index (χ2v) is 8.38. The minimum absolute atomic E-state index is 0. The number of halogens is 2. The molecule has 1 atom stereocenters. The summed E-state index contributed by atoms with van der Waals surface area (Å²) in [6, 6.07) is 9.70. The van der Waals surface area contributed by atoms with Crippen LogP contribution in [0.1, 0.15) is 22.8 Å². The van der Waals surface area contributed by atoms with Crippen molar-refractivity contribution >= 4 is 34.0 Å². The van der Waals surface area contributed by atoms with Crippen molar-refractivity contribution < 1.29 is 17.6 Å². The summed E-state index contributed by atoms with van der Waals surface area (Å²) in [6.45, 7) is 5.63. The lowest BCUT2D eigenvalue weighted by Crippen LogP contribution is -2.51. The van der Waals surface area contributed by atoms with Crippen LogP contribution in [0, 0.1) is 12.7 Å². The molecule has 152 valence electrons. The van der Waals surface area contributed by atoms with Crippen molar-refractivity contribution in [1.29, 1.82) is 0 Å². The van der Waals surface area contributed by atoms with Gasteiger partial charge in [-0.3, -0.25) is 9.52 Å². The van der Waals surface area contributed by atoms with E-state index in [2.05, 4.69) is 10.0 Å². The van der Waals surface area contributed by atoms with Gasteiger partial charge in [-0.1, -0.05) is 6.07 Å². The average molecular weight is 428 g/mol. The van der Waals surface area contributed by atoms with Gasteiger partial charge in [-0.05, 0) is 55.8 Å². The molecule has 1 fully saturated rings. The minimum atomic E-state index is -3.90. The van der Waals surface area contributed by atoms with Crippen molar-refractivity contribution in [3.05, 3.63) is 59.4 Å². The third-order valence-electron chi connectivity index (χ3n) is 4.50. The van der Waals surface area contributed by atoms with E-state index in [9.17, 15) is 17.6 Å². The quantitative estimate of drug-likeness (QED) is 0.786. The molecule has 0 spiro atoms. The molecule has 0 bridgehead atoms. The second kappa shape index (κ2) is 8.89. The lowest BCUT2D eigenvalue weighted by atomic mass is 10.1. The summed E-state index contributed by atoms with van der Waals surface area (Å²) in [5, 5.41) is 3.27. The molecule has 9 heteroatoms. The first-order valence-electron chi connectivity index (χ1n) is 8.68. The van der Waals surface area contributed by atoms with Crippen LogP contribution in [0.4, 0.5) is 10.1 Å². The highest BCUT2D eigenvalue weighted by Crippen LogP contribution is 2.21. The number of rotatable bonds is 4. The fraction of sp³-hybridized carbons (Fsp3) is 0.316. The fourth-order valence-corrected chi connectivity index (χ4v) is 4.10. The molecule has 1 unspecified atom stereocenters. The average Bonchev–Trinajstić information content (AvgIpc) is 2.63. The molecule has 1 amide bonds. The van der Waals surface area contributed by atoms with E-state index in [4.69, 9.17) is 0 Å². The molecular weight excluding hydrogens is 405 g/mol. The van der Waals surface area contributed by atoms with Gasteiger partial charge < -0.3 is 10.2 Å². The first kappa shape index (κ1) is 22.1. The van der Waals surface area contributed by atoms with Crippen LogP contribution in [0.3, 0.4) is 0 Å². The highest BCUT2D eigenvalue weighted by Gasteiger charge is 2.24. The summed E-state index contributed by atoms with van der Waals surface area (Å²) < 4.78 is 40.7. The number of nitrogens with zero attached hydrogens (tertiary/aromatic N) is 1. The maximum atomic E-state index is 13.0. The van der Waals surface area contributed by atoms with Crippen LogP contribution >= 0.6 is 12.4 Å². The van der Waals surface area contributed by atoms with Crippen LogP contribution in [0.2, 0.25) is 0 Å². The van der Waals surface area contributed by atoms with Crippen molar-refractivity contribution in [1.82, 2.24) is 10.2 Å². The molecule has 3 rings (SSSR count). The first-order chi connectivity index (χ1) is 12.8. The number of piperazine rings is 1. The number of hydrogen-bond acceptors (Lipinski definition) is 4. The maximum absolute atomic E-state index is 13.0. The van der Waals surface area contributed by atoms with E-state index in [1.807, 2.05) is 6.92 Å². The Kier molecular flexibility index (Phi) is 7.03. The Balaban J connectivity index is 0.00000280. The van der Waals surface area contributed by atoms with Gasteiger partial charge in [0, 0.05) is 36.9 Å². The zero-order chi connectivity index (χ0) is 19.6. The van der Waals surface area contributed by atoms with Gasteiger partial charge in [-0.15, -0.1) is 12.4 Å². The van der Waals surface area contributed by atoms with Gasteiger partial charge in [0.2, 0.25) is 0 Å². The Bertz CT molecular complexity index is 951. The van der Waals surface area contributed by atoms with Crippen LogP contribution in [0.25, 0.3) is 0 Å². The number of benzene rings is 2. The maximum Gasteiger partial charge on any atom is 0.261 e. The molecule has 2 N–H and O–H groups in total. The summed E-state index contributed by atoms with van der Waals surface area (Å²) in [4.78, 5) is 14.6. The SMILES string of the molecule is Cc1ccc(S(=O)(=O)Nc2ccc(F)cc2)cc1C(=O)N1CCNC(C)C1.Cl. The van der Waals surface area contributed by atoms with E-state index in [0.717, 1.165) is 0 Å². The summed E-state index contributed by atoms with van der Waals surface area (Å²) in [5.41, 5.74) is 1.33. The molecule has 28 heavy (non-hydrogen) atoms. The summed E-state index contributed by atoms with van der Waals surface area (Å²) >= 11 is 0. The lowest BCUT2D eigenvalue weighted by Gasteiger charge is -2.32. The van der Waals surface area contributed by atoms with Gasteiger partial charge in [0.15, 0.2) is 0 Å². The second-order valence-electron chi connectivity index (χ2n) is 6.70. The fourth-order valence-electron chi connectivity index (χ4n) is 3.02. The Morgan fingerprint density at radius 2 is 1.89 bits per heavy atom. The number of nitrogens with one attached hydrogen (secondary N) is 2. The monoisotopic (exact) mass is 427 g/mol. The highest BCUT2D eigenvalue weighted by molar-refractivity contribution is 7.92. The van der Waals surface area contributed by atoms with E-state index < -0.39 is 15.8 Å². The summed E-state index contributed by atoms with van der Waals surface area (Å²) in [6.07, 6.45) is 0. The van der Waals surface area contributed by atoms with Gasteiger partial charge in [-0.25, -0.2) is 12.8 Å². The Labute approximate surface area is 170 Å². The molecule has 2 aromatic rings. The molecule has 0 saturated carbocycles. The first-order valence-corrected chi connectivity index (χ1v) is 10.2. The number of amides is 1. The number of sulfonamides is 1. The van der Waals surface area contributed by atoms with Crippen LogP contribution in [-0.4, -0.2) is 44.9 Å². The highest BCUT2D eigenvalue weighted by atomic mass is 35.5. The molecular formula is C19H23ClFN3O3S. The smallest absolute Gasteiger partial charge is 0.261 e. The molecule has 0 aliphatic carbocycles. The topological polar surface area (TPSA) is 78.5 Å². The Morgan fingerprint density at radius 1 is 1.21 bits per heavy atom. The van der Waals surface area contributed by atoms with Crippen LogP contribution in [0.15, 0.2) is 47.4 Å². The van der Waals surface area contributed by atoms with Gasteiger partial charge in [0.05, 0.1) is 4.90 Å². The third-order valence-corrected chi connectivity index (χ3v) is 5.88. The Hall–Kier alpha value is -2.16. The van der Waals surface area contributed by atoms with Crippen LogP contribution < -0.4 is 10.0 Å². The van der Waals surface area contributed by atoms with Gasteiger partial charge in [-0.2, -0.15) is 0 Å². The van der Waals surface area contributed by atoms with Crippen molar-refractivity contribution in [2.75, 3.05) is 24.4 Å². The molecule has 6 nitrogen and oxygen atoms in total. The van der Waals surface area contributed by atoms with Gasteiger partial charge in [0.25, 0.3) is 15.9 Å². The van der Waals surface area contributed by atoms with E-state index in [1.165, 1.54) is 36.4 Å². The number of carbonyl (C=O) groups excluding carboxylic acids is 1. The summed E-state index contributed by atoms with van der Waals surface area (Å²) in [7, 11) is -3.90. The van der Waals surface area contributed by atoms with Gasteiger partial charge in [0.1, 0.15) is 5.82 Å². The molecule has 1 aliphatic heterocycles. The number of carbonyl (C=O) groups is 1. The predicted octanol–water partition coefficient (Wildman–Crippen LogP) is 2.79. The van der Waals surface area contributed by atoms with E-state index in [1.54, 1.807) is 17.9 Å². The largest absolute Gasteiger partial charge is 0.336 e. The van der Waals surface area contributed by atoms with Crippen molar-refractivity contribution in [3.8, 4) is 0 Å². The van der Waals surface area contributed by atoms with Crippen molar-refractivity contribution in [2.24, 2.45) is 0 Å². The number of aryl methyl sites for hydroxylation is 1. The molecule has 2 aromatic carbocycles.